The van der Waals surface area contributed by atoms with E-state index in [9.17, 15) is 9.59 Å². The Kier molecular flexibility index (Phi) is 4.59. The number of carbonyl (C=O) groups excluding carboxylic acids is 1. The van der Waals surface area contributed by atoms with Crippen LogP contribution >= 0.6 is 15.9 Å². The molecule has 0 saturated carbocycles. The van der Waals surface area contributed by atoms with Gasteiger partial charge in [0.1, 0.15) is 17.9 Å². The van der Waals surface area contributed by atoms with Gasteiger partial charge in [-0.25, -0.2) is 4.79 Å². The molecular formula is C15H12BrNO4. The summed E-state index contributed by atoms with van der Waals surface area (Å²) in [6.45, 7) is 0.0566. The van der Waals surface area contributed by atoms with Crippen molar-refractivity contribution in [3.8, 4) is 5.75 Å². The largest absolute Gasteiger partial charge is 0.488 e. The van der Waals surface area contributed by atoms with Crippen LogP contribution in [0.15, 0.2) is 46.9 Å². The lowest BCUT2D eigenvalue weighted by Gasteiger charge is -2.11. The average Bonchev–Trinajstić information content (AvgIpc) is 2.46. The molecule has 0 saturated heterocycles. The van der Waals surface area contributed by atoms with Gasteiger partial charge in [-0.15, -0.1) is 0 Å². The van der Waals surface area contributed by atoms with Crippen LogP contribution in [0.25, 0.3) is 0 Å². The van der Waals surface area contributed by atoms with Gasteiger partial charge in [0.2, 0.25) is 5.91 Å². The summed E-state index contributed by atoms with van der Waals surface area (Å²) in [7, 11) is 0. The Morgan fingerprint density at radius 3 is 2.52 bits per heavy atom. The van der Waals surface area contributed by atoms with Crippen molar-refractivity contribution in [1.29, 1.82) is 0 Å². The van der Waals surface area contributed by atoms with E-state index >= 15 is 0 Å². The van der Waals surface area contributed by atoms with Crippen molar-refractivity contribution in [1.82, 2.24) is 0 Å². The number of halogens is 1. The van der Waals surface area contributed by atoms with E-state index in [0.717, 1.165) is 0 Å². The number of carboxylic acids is 1. The molecule has 0 aliphatic heterocycles. The molecule has 6 heteroatoms. The third kappa shape index (κ3) is 3.61. The quantitative estimate of drug-likeness (QED) is 0.868. The zero-order chi connectivity index (χ0) is 15.4. The van der Waals surface area contributed by atoms with E-state index in [-0.39, 0.29) is 17.9 Å². The Hall–Kier alpha value is -2.34. The Labute approximate surface area is 129 Å². The molecule has 0 atom stereocenters. The smallest absolute Gasteiger partial charge is 0.339 e. The van der Waals surface area contributed by atoms with Crippen molar-refractivity contribution in [2.24, 2.45) is 5.73 Å². The van der Waals surface area contributed by atoms with Crippen molar-refractivity contribution < 1.29 is 19.4 Å². The molecule has 21 heavy (non-hydrogen) atoms. The maximum Gasteiger partial charge on any atom is 0.339 e. The van der Waals surface area contributed by atoms with Crippen molar-refractivity contribution in [2.75, 3.05) is 0 Å². The SMILES string of the molecule is NC(=O)c1ccccc1COc1ccc(Br)cc1C(=O)O. The van der Waals surface area contributed by atoms with E-state index in [1.807, 2.05) is 0 Å². The summed E-state index contributed by atoms with van der Waals surface area (Å²) in [5, 5.41) is 9.16. The molecule has 0 bridgehead atoms. The molecule has 0 aliphatic carbocycles. The fraction of sp³-hybridized carbons (Fsp3) is 0.0667. The zero-order valence-corrected chi connectivity index (χ0v) is 12.5. The fourth-order valence-electron chi connectivity index (χ4n) is 1.84. The highest BCUT2D eigenvalue weighted by molar-refractivity contribution is 9.10. The molecule has 5 nitrogen and oxygen atoms in total. The van der Waals surface area contributed by atoms with Gasteiger partial charge >= 0.3 is 5.97 Å². The molecule has 0 aromatic heterocycles. The minimum Gasteiger partial charge on any atom is -0.488 e. The Balaban J connectivity index is 2.25. The molecular weight excluding hydrogens is 338 g/mol. The number of amides is 1. The van der Waals surface area contributed by atoms with E-state index in [1.54, 1.807) is 36.4 Å². The summed E-state index contributed by atoms with van der Waals surface area (Å²) >= 11 is 3.21. The standard InChI is InChI=1S/C15H12BrNO4/c16-10-5-6-13(12(7-10)15(19)20)21-8-9-3-1-2-4-11(9)14(17)18/h1-7H,8H2,(H2,17,18)(H,19,20). The van der Waals surface area contributed by atoms with Gasteiger partial charge in [-0.05, 0) is 24.3 Å². The minimum absolute atomic E-state index is 0.0425. The van der Waals surface area contributed by atoms with Gasteiger partial charge in [-0.2, -0.15) is 0 Å². The number of benzene rings is 2. The zero-order valence-electron chi connectivity index (χ0n) is 10.9. The van der Waals surface area contributed by atoms with E-state index in [1.165, 1.54) is 6.07 Å². The first-order chi connectivity index (χ1) is 9.99. The molecule has 2 aromatic carbocycles. The number of hydrogen-bond donors (Lipinski definition) is 2. The summed E-state index contributed by atoms with van der Waals surface area (Å²) in [6, 6.07) is 11.5. The van der Waals surface area contributed by atoms with E-state index in [0.29, 0.717) is 15.6 Å². The van der Waals surface area contributed by atoms with Crippen molar-refractivity contribution in [3.05, 3.63) is 63.6 Å². The van der Waals surface area contributed by atoms with Gasteiger partial charge in [-0.1, -0.05) is 34.1 Å². The first-order valence-electron chi connectivity index (χ1n) is 6.02. The maximum atomic E-state index is 11.3. The van der Waals surface area contributed by atoms with Crippen molar-refractivity contribution in [3.63, 3.8) is 0 Å². The molecule has 3 N–H and O–H groups in total. The van der Waals surface area contributed by atoms with E-state index < -0.39 is 11.9 Å². The Morgan fingerprint density at radius 1 is 1.14 bits per heavy atom. The number of primary amides is 1. The van der Waals surface area contributed by atoms with Crippen LogP contribution < -0.4 is 10.5 Å². The number of hydrogen-bond acceptors (Lipinski definition) is 3. The normalized spacial score (nSPS) is 10.1. The summed E-state index contributed by atoms with van der Waals surface area (Å²) < 4.78 is 6.16. The van der Waals surface area contributed by atoms with Gasteiger partial charge in [0.05, 0.1) is 0 Å². The summed E-state index contributed by atoms with van der Waals surface area (Å²) in [4.78, 5) is 22.5. The lowest BCUT2D eigenvalue weighted by atomic mass is 10.1. The van der Waals surface area contributed by atoms with Crippen molar-refractivity contribution in [2.45, 2.75) is 6.61 Å². The highest BCUT2D eigenvalue weighted by atomic mass is 79.9. The fourth-order valence-corrected chi connectivity index (χ4v) is 2.20. The number of carbonyl (C=O) groups is 2. The van der Waals surface area contributed by atoms with Crippen LogP contribution in [-0.2, 0) is 6.61 Å². The molecule has 0 unspecified atom stereocenters. The van der Waals surface area contributed by atoms with Gasteiger partial charge < -0.3 is 15.6 Å². The number of rotatable bonds is 5. The Bertz CT molecular complexity index is 700. The lowest BCUT2D eigenvalue weighted by molar-refractivity contribution is 0.0691. The van der Waals surface area contributed by atoms with Crippen LogP contribution in [0, 0.1) is 0 Å². The number of nitrogens with two attached hydrogens (primary N) is 1. The minimum atomic E-state index is -1.09. The van der Waals surface area contributed by atoms with E-state index in [4.69, 9.17) is 15.6 Å². The molecule has 0 heterocycles. The van der Waals surface area contributed by atoms with Gasteiger partial charge in [-0.3, -0.25) is 4.79 Å². The van der Waals surface area contributed by atoms with Crippen LogP contribution in [0.4, 0.5) is 0 Å². The first-order valence-corrected chi connectivity index (χ1v) is 6.81. The van der Waals surface area contributed by atoms with Crippen LogP contribution in [0.5, 0.6) is 5.75 Å². The summed E-state index contributed by atoms with van der Waals surface area (Å²) in [5.74, 6) is -1.41. The third-order valence-corrected chi connectivity index (χ3v) is 3.33. The second-order valence-electron chi connectivity index (χ2n) is 4.26. The maximum absolute atomic E-state index is 11.3. The van der Waals surface area contributed by atoms with Gasteiger partial charge in [0, 0.05) is 15.6 Å². The Morgan fingerprint density at radius 2 is 1.86 bits per heavy atom. The summed E-state index contributed by atoms with van der Waals surface area (Å²) in [5.41, 5.74) is 6.28. The number of ether oxygens (including phenoxy) is 1. The van der Waals surface area contributed by atoms with Crippen molar-refractivity contribution >= 4 is 27.8 Å². The second kappa shape index (κ2) is 6.41. The van der Waals surface area contributed by atoms with Crippen LogP contribution in [-0.4, -0.2) is 17.0 Å². The molecule has 0 radical (unpaired) electrons. The molecule has 0 fully saturated rings. The van der Waals surface area contributed by atoms with Gasteiger partial charge in [0.25, 0.3) is 0 Å². The predicted molar refractivity (Wildman–Crippen MR) is 80.4 cm³/mol. The lowest BCUT2D eigenvalue weighted by Crippen LogP contribution is -2.15. The second-order valence-corrected chi connectivity index (χ2v) is 5.17. The topological polar surface area (TPSA) is 89.6 Å². The van der Waals surface area contributed by atoms with Crippen LogP contribution in [0.1, 0.15) is 26.3 Å². The molecule has 0 aliphatic rings. The summed E-state index contributed by atoms with van der Waals surface area (Å²) in [6.07, 6.45) is 0. The monoisotopic (exact) mass is 349 g/mol. The highest BCUT2D eigenvalue weighted by Crippen LogP contribution is 2.24. The molecule has 2 rings (SSSR count). The molecule has 0 spiro atoms. The number of aromatic carboxylic acids is 1. The highest BCUT2D eigenvalue weighted by Gasteiger charge is 2.13. The third-order valence-electron chi connectivity index (χ3n) is 2.84. The van der Waals surface area contributed by atoms with E-state index in [2.05, 4.69) is 15.9 Å². The molecule has 2 aromatic rings. The average molecular weight is 350 g/mol. The number of carboxylic acid groups (broad SMARTS) is 1. The van der Waals surface area contributed by atoms with Gasteiger partial charge in [0.15, 0.2) is 0 Å². The van der Waals surface area contributed by atoms with Crippen LogP contribution in [0.2, 0.25) is 0 Å². The molecule has 1 amide bonds. The predicted octanol–water partition coefficient (Wildman–Crippen LogP) is 2.83. The van der Waals surface area contributed by atoms with Crippen LogP contribution in [0.3, 0.4) is 0 Å². The molecule has 108 valence electrons. The first kappa shape index (κ1) is 15.1.